The van der Waals surface area contributed by atoms with Crippen LogP contribution in [0.2, 0.25) is 0 Å². The van der Waals surface area contributed by atoms with Gasteiger partial charge in [0.2, 0.25) is 0 Å². The zero-order valence-corrected chi connectivity index (χ0v) is 12.2. The summed E-state index contributed by atoms with van der Waals surface area (Å²) in [7, 11) is 1.94. The van der Waals surface area contributed by atoms with E-state index in [2.05, 4.69) is 37.3 Å². The zero-order valence-electron chi connectivity index (χ0n) is 9.83. The van der Waals surface area contributed by atoms with Gasteiger partial charge in [-0.3, -0.25) is 0 Å². The molecule has 2 rings (SSSR count). The number of likely N-dealkylation sites (N-methyl/N-ethyl adjacent to an activating group) is 1. The van der Waals surface area contributed by atoms with E-state index in [1.807, 2.05) is 26.1 Å². The van der Waals surface area contributed by atoms with E-state index < -0.39 is 0 Å². The van der Waals surface area contributed by atoms with E-state index in [1.165, 1.54) is 4.88 Å². The summed E-state index contributed by atoms with van der Waals surface area (Å²) in [5.74, 6) is 0.902. The molecule has 17 heavy (non-hydrogen) atoms. The van der Waals surface area contributed by atoms with Crippen molar-refractivity contribution in [1.29, 1.82) is 0 Å². The maximum absolute atomic E-state index is 4.59. The number of halogens is 1. The number of thiophene rings is 1. The molecule has 5 heteroatoms. The van der Waals surface area contributed by atoms with Gasteiger partial charge in [0, 0.05) is 18.7 Å². The predicted octanol–water partition coefficient (Wildman–Crippen LogP) is 3.04. The standard InChI is InChI=1S/C12H14BrN3S/c1-8-7-9(10-3-4-11(13)17-10)16-12(15-8)5-6-14-2/h3-4,7,14H,5-6H2,1-2H3. The van der Waals surface area contributed by atoms with Gasteiger partial charge in [0.05, 0.1) is 14.4 Å². The molecule has 0 bridgehead atoms. The fraction of sp³-hybridized carbons (Fsp3) is 0.333. The number of rotatable bonds is 4. The summed E-state index contributed by atoms with van der Waals surface area (Å²) in [6.45, 7) is 2.91. The lowest BCUT2D eigenvalue weighted by Gasteiger charge is -2.04. The van der Waals surface area contributed by atoms with Crippen LogP contribution in [0.3, 0.4) is 0 Å². The highest BCUT2D eigenvalue weighted by Crippen LogP contribution is 2.30. The Bertz CT molecular complexity index is 510. The number of nitrogens with zero attached hydrogens (tertiary/aromatic N) is 2. The summed E-state index contributed by atoms with van der Waals surface area (Å²) < 4.78 is 1.13. The molecule has 90 valence electrons. The number of nitrogens with one attached hydrogen (secondary N) is 1. The first-order valence-corrected chi connectivity index (χ1v) is 7.05. The van der Waals surface area contributed by atoms with Crippen molar-refractivity contribution in [1.82, 2.24) is 15.3 Å². The Balaban J connectivity index is 2.31. The largest absolute Gasteiger partial charge is 0.319 e. The lowest BCUT2D eigenvalue weighted by molar-refractivity contribution is 0.753. The fourth-order valence-corrected chi connectivity index (χ4v) is 2.90. The minimum absolute atomic E-state index is 0.859. The van der Waals surface area contributed by atoms with E-state index in [0.29, 0.717) is 0 Å². The van der Waals surface area contributed by atoms with Crippen molar-refractivity contribution >= 4 is 27.3 Å². The van der Waals surface area contributed by atoms with Crippen LogP contribution in [0.15, 0.2) is 22.0 Å². The Labute approximate surface area is 113 Å². The Hall–Kier alpha value is -0.780. The smallest absolute Gasteiger partial charge is 0.130 e. The molecule has 3 nitrogen and oxygen atoms in total. The van der Waals surface area contributed by atoms with E-state index >= 15 is 0 Å². The average molecular weight is 312 g/mol. The second kappa shape index (κ2) is 5.71. The van der Waals surface area contributed by atoms with Crippen LogP contribution in [-0.2, 0) is 6.42 Å². The van der Waals surface area contributed by atoms with Crippen LogP contribution in [0.25, 0.3) is 10.6 Å². The molecule has 0 saturated carbocycles. The van der Waals surface area contributed by atoms with Gasteiger partial charge in [-0.2, -0.15) is 0 Å². The molecule has 0 fully saturated rings. The van der Waals surface area contributed by atoms with E-state index in [0.717, 1.165) is 34.0 Å². The van der Waals surface area contributed by atoms with E-state index in [9.17, 15) is 0 Å². The quantitative estimate of drug-likeness (QED) is 0.943. The van der Waals surface area contributed by atoms with Crippen molar-refractivity contribution in [3.05, 3.63) is 33.5 Å². The van der Waals surface area contributed by atoms with Gasteiger partial charge >= 0.3 is 0 Å². The molecule has 0 atom stereocenters. The van der Waals surface area contributed by atoms with Crippen molar-refractivity contribution in [2.45, 2.75) is 13.3 Å². The highest BCUT2D eigenvalue weighted by molar-refractivity contribution is 9.11. The topological polar surface area (TPSA) is 37.8 Å². The van der Waals surface area contributed by atoms with Crippen LogP contribution in [0.1, 0.15) is 11.5 Å². The first kappa shape index (κ1) is 12.7. The normalized spacial score (nSPS) is 10.8. The predicted molar refractivity (Wildman–Crippen MR) is 75.4 cm³/mol. The molecule has 1 N–H and O–H groups in total. The van der Waals surface area contributed by atoms with Crippen LogP contribution in [0.5, 0.6) is 0 Å². The molecule has 0 aliphatic rings. The molecular weight excluding hydrogens is 298 g/mol. The first-order valence-electron chi connectivity index (χ1n) is 5.44. The minimum atomic E-state index is 0.859. The lowest BCUT2D eigenvalue weighted by atomic mass is 10.2. The van der Waals surface area contributed by atoms with Crippen LogP contribution >= 0.6 is 27.3 Å². The molecule has 2 heterocycles. The molecule has 0 radical (unpaired) electrons. The zero-order chi connectivity index (χ0) is 12.3. The van der Waals surface area contributed by atoms with Gasteiger partial charge in [-0.1, -0.05) is 0 Å². The van der Waals surface area contributed by atoms with Crippen LogP contribution in [-0.4, -0.2) is 23.6 Å². The monoisotopic (exact) mass is 311 g/mol. The molecule has 0 unspecified atom stereocenters. The lowest BCUT2D eigenvalue weighted by Crippen LogP contribution is -2.12. The summed E-state index contributed by atoms with van der Waals surface area (Å²) in [4.78, 5) is 10.2. The molecule has 0 aromatic carbocycles. The van der Waals surface area contributed by atoms with Gasteiger partial charge in [-0.05, 0) is 48.1 Å². The third kappa shape index (κ3) is 3.34. The van der Waals surface area contributed by atoms with Crippen molar-refractivity contribution in [2.75, 3.05) is 13.6 Å². The highest BCUT2D eigenvalue weighted by Gasteiger charge is 2.06. The van der Waals surface area contributed by atoms with Gasteiger partial charge in [-0.25, -0.2) is 9.97 Å². The molecule has 0 spiro atoms. The van der Waals surface area contributed by atoms with Gasteiger partial charge in [0.25, 0.3) is 0 Å². The fourth-order valence-electron chi connectivity index (χ4n) is 1.56. The summed E-state index contributed by atoms with van der Waals surface area (Å²) in [6.07, 6.45) is 0.859. The van der Waals surface area contributed by atoms with Gasteiger partial charge in [0.15, 0.2) is 0 Å². The number of aromatic nitrogens is 2. The summed E-state index contributed by atoms with van der Waals surface area (Å²) in [5.41, 5.74) is 2.03. The third-order valence-electron chi connectivity index (χ3n) is 2.32. The SMILES string of the molecule is CNCCc1nc(C)cc(-c2ccc(Br)s2)n1. The minimum Gasteiger partial charge on any atom is -0.319 e. The first-order chi connectivity index (χ1) is 8.19. The van der Waals surface area contributed by atoms with Gasteiger partial charge in [0.1, 0.15) is 5.82 Å². The van der Waals surface area contributed by atoms with Crippen LogP contribution < -0.4 is 5.32 Å². The number of hydrogen-bond donors (Lipinski definition) is 1. The van der Waals surface area contributed by atoms with Crippen LogP contribution in [0.4, 0.5) is 0 Å². The third-order valence-corrected chi connectivity index (χ3v) is 3.97. The van der Waals surface area contributed by atoms with Crippen molar-refractivity contribution in [2.24, 2.45) is 0 Å². The number of hydrogen-bond acceptors (Lipinski definition) is 4. The average Bonchev–Trinajstić information content (AvgIpc) is 2.72. The second-order valence-electron chi connectivity index (χ2n) is 3.77. The van der Waals surface area contributed by atoms with E-state index in [4.69, 9.17) is 0 Å². The Kier molecular flexibility index (Phi) is 4.25. The van der Waals surface area contributed by atoms with Crippen LogP contribution in [0, 0.1) is 6.92 Å². The molecule has 0 saturated heterocycles. The highest BCUT2D eigenvalue weighted by atomic mass is 79.9. The molecule has 2 aromatic heterocycles. The van der Waals surface area contributed by atoms with Crippen molar-refractivity contribution in [3.8, 4) is 10.6 Å². The maximum Gasteiger partial charge on any atom is 0.130 e. The molecule has 2 aromatic rings. The van der Waals surface area contributed by atoms with Gasteiger partial charge in [-0.15, -0.1) is 11.3 Å². The van der Waals surface area contributed by atoms with Crippen molar-refractivity contribution < 1.29 is 0 Å². The molecule has 0 amide bonds. The van der Waals surface area contributed by atoms with Crippen molar-refractivity contribution in [3.63, 3.8) is 0 Å². The maximum atomic E-state index is 4.59. The summed E-state index contributed by atoms with van der Waals surface area (Å²) in [5, 5.41) is 3.11. The van der Waals surface area contributed by atoms with Gasteiger partial charge < -0.3 is 5.32 Å². The second-order valence-corrected chi connectivity index (χ2v) is 6.23. The molecule has 0 aliphatic carbocycles. The molecule has 0 aliphatic heterocycles. The Morgan fingerprint density at radius 3 is 2.82 bits per heavy atom. The summed E-state index contributed by atoms with van der Waals surface area (Å²) >= 11 is 5.17. The van der Waals surface area contributed by atoms with E-state index in [-0.39, 0.29) is 0 Å². The summed E-state index contributed by atoms with van der Waals surface area (Å²) in [6, 6.07) is 6.16. The molecular formula is C12H14BrN3S. The van der Waals surface area contributed by atoms with E-state index in [1.54, 1.807) is 11.3 Å². The Morgan fingerprint density at radius 1 is 1.35 bits per heavy atom. The number of aryl methyl sites for hydroxylation is 1. The Morgan fingerprint density at radius 2 is 2.18 bits per heavy atom.